The molecular formula is C21H19Cl2FN4O. The van der Waals surface area contributed by atoms with E-state index in [-0.39, 0.29) is 5.91 Å². The molecule has 4 rings (SSSR count). The molecule has 1 aliphatic rings. The van der Waals surface area contributed by atoms with Crippen LogP contribution >= 0.6 is 23.2 Å². The maximum Gasteiger partial charge on any atom is 0.254 e. The SMILES string of the molecule is CCc1nc(N2CCN(C(=O)c3cccc(F)c3)CC2)c2cc(Cl)cc(Cl)c2n1. The number of hydrogen-bond donors (Lipinski definition) is 0. The lowest BCUT2D eigenvalue weighted by atomic mass is 10.1. The van der Waals surface area contributed by atoms with Gasteiger partial charge in [0, 0.05) is 48.6 Å². The Labute approximate surface area is 178 Å². The standard InChI is InChI=1S/C21H19Cl2FN4O/c1-2-18-25-19-16(11-14(22)12-17(19)23)20(26-18)27-6-8-28(9-7-27)21(29)13-4-3-5-15(24)10-13/h3-5,10-12H,2,6-9H2,1H3. The average Bonchev–Trinajstić information content (AvgIpc) is 2.73. The van der Waals surface area contributed by atoms with Gasteiger partial charge in [0.1, 0.15) is 17.5 Å². The number of nitrogens with zero attached hydrogens (tertiary/aromatic N) is 4. The molecule has 0 bridgehead atoms. The predicted octanol–water partition coefficient (Wildman–Crippen LogP) is 4.60. The van der Waals surface area contributed by atoms with Crippen LogP contribution in [0.25, 0.3) is 10.9 Å². The van der Waals surface area contributed by atoms with Gasteiger partial charge in [-0.2, -0.15) is 0 Å². The van der Waals surface area contributed by atoms with Gasteiger partial charge in [0.2, 0.25) is 0 Å². The van der Waals surface area contributed by atoms with Crippen molar-refractivity contribution in [3.05, 3.63) is 63.6 Å². The first-order chi connectivity index (χ1) is 14.0. The zero-order chi connectivity index (χ0) is 20.5. The van der Waals surface area contributed by atoms with Crippen LogP contribution in [0.2, 0.25) is 10.0 Å². The molecule has 0 aliphatic carbocycles. The highest BCUT2D eigenvalue weighted by atomic mass is 35.5. The second-order valence-electron chi connectivity index (χ2n) is 6.89. The van der Waals surface area contributed by atoms with Crippen LogP contribution in [-0.4, -0.2) is 47.0 Å². The van der Waals surface area contributed by atoms with Gasteiger partial charge in [0.25, 0.3) is 5.91 Å². The molecule has 1 saturated heterocycles. The van der Waals surface area contributed by atoms with Crippen LogP contribution in [0.1, 0.15) is 23.1 Å². The van der Waals surface area contributed by atoms with Crippen molar-refractivity contribution in [2.24, 2.45) is 0 Å². The number of aromatic nitrogens is 2. The molecule has 0 spiro atoms. The van der Waals surface area contributed by atoms with Crippen LogP contribution in [-0.2, 0) is 6.42 Å². The van der Waals surface area contributed by atoms with E-state index in [9.17, 15) is 9.18 Å². The fraction of sp³-hybridized carbons (Fsp3) is 0.286. The Morgan fingerprint density at radius 3 is 2.55 bits per heavy atom. The van der Waals surface area contributed by atoms with Crippen LogP contribution in [0.4, 0.5) is 10.2 Å². The van der Waals surface area contributed by atoms with Gasteiger partial charge in [-0.3, -0.25) is 4.79 Å². The van der Waals surface area contributed by atoms with Gasteiger partial charge in [-0.1, -0.05) is 36.2 Å². The number of fused-ring (bicyclic) bond motifs is 1. The molecule has 0 N–H and O–H groups in total. The summed E-state index contributed by atoms with van der Waals surface area (Å²) in [6, 6.07) is 9.28. The van der Waals surface area contributed by atoms with E-state index in [4.69, 9.17) is 28.2 Å². The van der Waals surface area contributed by atoms with E-state index in [1.165, 1.54) is 12.1 Å². The van der Waals surface area contributed by atoms with Crippen molar-refractivity contribution in [2.45, 2.75) is 13.3 Å². The fourth-order valence-electron chi connectivity index (χ4n) is 3.51. The largest absolute Gasteiger partial charge is 0.352 e. The summed E-state index contributed by atoms with van der Waals surface area (Å²) in [4.78, 5) is 25.8. The van der Waals surface area contributed by atoms with E-state index in [2.05, 4.69) is 9.88 Å². The second kappa shape index (κ2) is 8.13. The maximum atomic E-state index is 13.4. The fourth-order valence-corrected chi connectivity index (χ4v) is 4.05. The van der Waals surface area contributed by atoms with Gasteiger partial charge >= 0.3 is 0 Å². The summed E-state index contributed by atoms with van der Waals surface area (Å²) in [5.41, 5.74) is 1.04. The van der Waals surface area contributed by atoms with Gasteiger partial charge < -0.3 is 9.80 Å². The summed E-state index contributed by atoms with van der Waals surface area (Å²) in [5, 5.41) is 1.81. The van der Waals surface area contributed by atoms with Crippen molar-refractivity contribution in [1.82, 2.24) is 14.9 Å². The van der Waals surface area contributed by atoms with Crippen LogP contribution in [0.15, 0.2) is 36.4 Å². The number of benzene rings is 2. The van der Waals surface area contributed by atoms with Crippen molar-refractivity contribution in [2.75, 3.05) is 31.1 Å². The highest BCUT2D eigenvalue weighted by Gasteiger charge is 2.25. The van der Waals surface area contributed by atoms with Crippen LogP contribution < -0.4 is 4.90 Å². The van der Waals surface area contributed by atoms with E-state index in [1.807, 2.05) is 13.0 Å². The van der Waals surface area contributed by atoms with Crippen LogP contribution in [0.3, 0.4) is 0 Å². The van der Waals surface area contributed by atoms with E-state index in [0.717, 1.165) is 11.2 Å². The number of anilines is 1. The van der Waals surface area contributed by atoms with E-state index in [0.29, 0.717) is 59.5 Å². The third kappa shape index (κ3) is 4.00. The third-order valence-corrected chi connectivity index (χ3v) is 5.51. The van der Waals surface area contributed by atoms with Crippen molar-refractivity contribution < 1.29 is 9.18 Å². The molecule has 0 atom stereocenters. The minimum Gasteiger partial charge on any atom is -0.352 e. The van der Waals surface area contributed by atoms with Gasteiger partial charge in [-0.25, -0.2) is 14.4 Å². The second-order valence-corrected chi connectivity index (χ2v) is 7.73. The van der Waals surface area contributed by atoms with E-state index < -0.39 is 5.82 Å². The molecule has 0 radical (unpaired) electrons. The Morgan fingerprint density at radius 1 is 1.10 bits per heavy atom. The highest BCUT2D eigenvalue weighted by molar-refractivity contribution is 6.38. The lowest BCUT2D eigenvalue weighted by Crippen LogP contribution is -2.49. The number of halogens is 3. The summed E-state index contributed by atoms with van der Waals surface area (Å²) in [6.07, 6.45) is 0.680. The number of piperazine rings is 1. The molecule has 150 valence electrons. The lowest BCUT2D eigenvalue weighted by Gasteiger charge is -2.36. The minimum absolute atomic E-state index is 0.169. The number of carbonyl (C=O) groups is 1. The van der Waals surface area contributed by atoms with Gasteiger partial charge in [0.15, 0.2) is 0 Å². The third-order valence-electron chi connectivity index (χ3n) is 5.00. The Balaban J connectivity index is 1.60. The Kier molecular flexibility index (Phi) is 5.56. The Morgan fingerprint density at radius 2 is 1.86 bits per heavy atom. The molecule has 1 fully saturated rings. The quantitative estimate of drug-likeness (QED) is 0.606. The maximum absolute atomic E-state index is 13.4. The first kappa shape index (κ1) is 19.9. The topological polar surface area (TPSA) is 49.3 Å². The molecule has 1 aromatic heterocycles. The summed E-state index contributed by atoms with van der Waals surface area (Å²) < 4.78 is 13.4. The monoisotopic (exact) mass is 432 g/mol. The van der Waals surface area contributed by atoms with Gasteiger partial charge in [-0.05, 0) is 30.3 Å². The molecule has 29 heavy (non-hydrogen) atoms. The Bertz CT molecular complexity index is 1080. The normalized spacial score (nSPS) is 14.5. The minimum atomic E-state index is -0.414. The molecular weight excluding hydrogens is 414 g/mol. The Hall–Kier alpha value is -2.44. The smallest absolute Gasteiger partial charge is 0.254 e. The number of rotatable bonds is 3. The predicted molar refractivity (Wildman–Crippen MR) is 113 cm³/mol. The summed E-state index contributed by atoms with van der Waals surface area (Å²) in [6.45, 7) is 4.21. The first-order valence-electron chi connectivity index (χ1n) is 9.41. The molecule has 5 nitrogen and oxygen atoms in total. The van der Waals surface area contributed by atoms with Gasteiger partial charge in [-0.15, -0.1) is 0 Å². The molecule has 2 aromatic carbocycles. The van der Waals surface area contributed by atoms with Crippen LogP contribution in [0.5, 0.6) is 0 Å². The van der Waals surface area contributed by atoms with Crippen LogP contribution in [0, 0.1) is 5.82 Å². The van der Waals surface area contributed by atoms with Gasteiger partial charge in [0.05, 0.1) is 10.5 Å². The highest BCUT2D eigenvalue weighted by Crippen LogP contribution is 2.32. The molecule has 3 aromatic rings. The van der Waals surface area contributed by atoms with Crippen molar-refractivity contribution in [3.8, 4) is 0 Å². The van der Waals surface area contributed by atoms with E-state index in [1.54, 1.807) is 23.1 Å². The molecule has 1 aliphatic heterocycles. The molecule has 2 heterocycles. The molecule has 1 amide bonds. The number of hydrogen-bond acceptors (Lipinski definition) is 4. The van der Waals surface area contributed by atoms with E-state index >= 15 is 0 Å². The zero-order valence-electron chi connectivity index (χ0n) is 15.8. The first-order valence-corrected chi connectivity index (χ1v) is 10.2. The summed E-state index contributed by atoms with van der Waals surface area (Å²) in [7, 11) is 0. The summed E-state index contributed by atoms with van der Waals surface area (Å²) >= 11 is 12.6. The van der Waals surface area contributed by atoms with Crippen molar-refractivity contribution >= 4 is 45.8 Å². The average molecular weight is 433 g/mol. The molecule has 0 saturated carbocycles. The molecule has 0 unspecified atom stereocenters. The van der Waals surface area contributed by atoms with Crippen molar-refractivity contribution in [1.29, 1.82) is 0 Å². The lowest BCUT2D eigenvalue weighted by molar-refractivity contribution is 0.0746. The number of aryl methyl sites for hydroxylation is 1. The van der Waals surface area contributed by atoms with Crippen molar-refractivity contribution in [3.63, 3.8) is 0 Å². The summed E-state index contributed by atoms with van der Waals surface area (Å²) in [5.74, 6) is 0.893. The number of carbonyl (C=O) groups excluding carboxylic acids is 1. The number of amides is 1. The zero-order valence-corrected chi connectivity index (χ0v) is 17.3. The molecule has 8 heteroatoms.